The largest absolute Gasteiger partial charge is 0.481 e. The average molecular weight is 380 g/mol. The molecule has 4 heteroatoms. The minimum atomic E-state index is -0.819. The molecule has 3 rings (SSSR count). The summed E-state index contributed by atoms with van der Waals surface area (Å²) in [7, 11) is 0. The van der Waals surface area contributed by atoms with Crippen LogP contribution in [0.3, 0.4) is 0 Å². The normalized spacial score (nSPS) is 16.9. The van der Waals surface area contributed by atoms with Gasteiger partial charge in [0.05, 0.1) is 0 Å². The number of anilines is 1. The molecule has 0 saturated heterocycles. The highest BCUT2D eigenvalue weighted by Gasteiger charge is 2.37. The number of carbonyl (C=O) groups is 2. The van der Waals surface area contributed by atoms with Gasteiger partial charge in [-0.05, 0) is 71.0 Å². The fraction of sp³-hybridized carbons (Fsp3) is 0.417. The van der Waals surface area contributed by atoms with E-state index >= 15 is 0 Å². The second kappa shape index (κ2) is 7.42. The molecule has 1 aliphatic carbocycles. The van der Waals surface area contributed by atoms with Crippen molar-refractivity contribution in [1.29, 1.82) is 0 Å². The van der Waals surface area contributed by atoms with Crippen LogP contribution >= 0.6 is 0 Å². The first kappa shape index (κ1) is 20.1. The van der Waals surface area contributed by atoms with E-state index < -0.39 is 5.97 Å². The number of fused-ring (bicyclic) bond motifs is 1. The quantitative estimate of drug-likeness (QED) is 0.740. The van der Waals surface area contributed by atoms with Gasteiger partial charge < -0.3 is 10.4 Å². The van der Waals surface area contributed by atoms with Crippen LogP contribution in [0.15, 0.2) is 42.5 Å². The molecule has 0 aliphatic heterocycles. The van der Waals surface area contributed by atoms with Gasteiger partial charge in [-0.2, -0.15) is 0 Å². The maximum Gasteiger partial charge on any atom is 0.303 e. The number of hydrogen-bond donors (Lipinski definition) is 2. The van der Waals surface area contributed by atoms with Gasteiger partial charge in [0.2, 0.25) is 0 Å². The maximum absolute atomic E-state index is 12.6. The number of benzene rings is 2. The molecule has 2 N–H and O–H groups in total. The summed E-state index contributed by atoms with van der Waals surface area (Å²) in [4.78, 5) is 23.3. The molecule has 4 nitrogen and oxygen atoms in total. The zero-order valence-corrected chi connectivity index (χ0v) is 17.1. The molecular formula is C24H29NO3. The Labute approximate surface area is 167 Å². The molecule has 0 bridgehead atoms. The predicted octanol–water partition coefficient (Wildman–Crippen LogP) is 5.31. The van der Waals surface area contributed by atoms with Gasteiger partial charge in [0.15, 0.2) is 0 Å². The van der Waals surface area contributed by atoms with Crippen molar-refractivity contribution < 1.29 is 14.7 Å². The second-order valence-electron chi connectivity index (χ2n) is 9.07. The fourth-order valence-electron chi connectivity index (χ4n) is 3.94. The minimum absolute atomic E-state index is 0.0901. The molecule has 0 aromatic heterocycles. The lowest BCUT2D eigenvalue weighted by atomic mass is 9.63. The van der Waals surface area contributed by atoms with E-state index in [2.05, 4.69) is 45.1 Å². The Morgan fingerprint density at radius 1 is 0.929 bits per heavy atom. The first-order valence-electron chi connectivity index (χ1n) is 9.86. The number of amides is 1. The van der Waals surface area contributed by atoms with Crippen molar-refractivity contribution in [3.8, 4) is 0 Å². The highest BCUT2D eigenvalue weighted by Crippen LogP contribution is 2.46. The Morgan fingerprint density at radius 3 is 2.14 bits per heavy atom. The topological polar surface area (TPSA) is 66.4 Å². The Kier molecular flexibility index (Phi) is 5.33. The van der Waals surface area contributed by atoms with E-state index in [1.807, 2.05) is 18.2 Å². The van der Waals surface area contributed by atoms with Gasteiger partial charge in [0.1, 0.15) is 0 Å². The van der Waals surface area contributed by atoms with E-state index in [0.717, 1.165) is 24.1 Å². The van der Waals surface area contributed by atoms with E-state index in [1.165, 1.54) is 11.1 Å². The van der Waals surface area contributed by atoms with Gasteiger partial charge in [-0.3, -0.25) is 9.59 Å². The van der Waals surface area contributed by atoms with Crippen molar-refractivity contribution in [1.82, 2.24) is 0 Å². The van der Waals surface area contributed by atoms with E-state index in [4.69, 9.17) is 5.11 Å². The van der Waals surface area contributed by atoms with E-state index in [1.54, 1.807) is 12.1 Å². The maximum atomic E-state index is 12.6. The highest BCUT2D eigenvalue weighted by atomic mass is 16.4. The molecule has 2 aromatic carbocycles. The van der Waals surface area contributed by atoms with Crippen LogP contribution in [0.25, 0.3) is 0 Å². The van der Waals surface area contributed by atoms with Gasteiger partial charge in [-0.1, -0.05) is 45.9 Å². The smallest absolute Gasteiger partial charge is 0.303 e. The number of nitrogens with one attached hydrogen (secondary N) is 1. The van der Waals surface area contributed by atoms with Gasteiger partial charge in [-0.25, -0.2) is 0 Å². The van der Waals surface area contributed by atoms with Crippen LogP contribution in [0.5, 0.6) is 0 Å². The SMILES string of the molecule is CC1(C)CCC(C)(C)c2cc(NC(=O)c3ccc(CCC(=O)O)cc3)ccc21. The molecular weight excluding hydrogens is 350 g/mol. The summed E-state index contributed by atoms with van der Waals surface area (Å²) in [6.07, 6.45) is 2.84. The second-order valence-corrected chi connectivity index (χ2v) is 9.07. The summed E-state index contributed by atoms with van der Waals surface area (Å²) in [6, 6.07) is 13.4. The third kappa shape index (κ3) is 4.27. The predicted molar refractivity (Wildman–Crippen MR) is 112 cm³/mol. The molecule has 0 saturated carbocycles. The molecule has 0 atom stereocenters. The van der Waals surface area contributed by atoms with Crippen LogP contribution in [0.2, 0.25) is 0 Å². The zero-order valence-electron chi connectivity index (χ0n) is 17.1. The average Bonchev–Trinajstić information content (AvgIpc) is 2.64. The zero-order chi connectivity index (χ0) is 20.5. The molecule has 1 amide bonds. The van der Waals surface area contributed by atoms with Crippen molar-refractivity contribution in [2.45, 2.75) is 64.2 Å². The number of carboxylic acids is 1. The van der Waals surface area contributed by atoms with Gasteiger partial charge in [0, 0.05) is 17.7 Å². The van der Waals surface area contributed by atoms with Gasteiger partial charge >= 0.3 is 5.97 Å². The molecule has 1 aliphatic rings. The molecule has 0 radical (unpaired) electrons. The molecule has 28 heavy (non-hydrogen) atoms. The monoisotopic (exact) mass is 379 g/mol. The Balaban J connectivity index is 1.77. The number of aliphatic carboxylic acids is 1. The van der Waals surface area contributed by atoms with Crippen LogP contribution in [-0.4, -0.2) is 17.0 Å². The van der Waals surface area contributed by atoms with Crippen molar-refractivity contribution in [2.24, 2.45) is 0 Å². The summed E-state index contributed by atoms with van der Waals surface area (Å²) >= 11 is 0. The van der Waals surface area contributed by atoms with Crippen LogP contribution < -0.4 is 5.32 Å². The molecule has 0 unspecified atom stereocenters. The number of aryl methyl sites for hydroxylation is 1. The first-order chi connectivity index (χ1) is 13.1. The first-order valence-corrected chi connectivity index (χ1v) is 9.86. The summed E-state index contributed by atoms with van der Waals surface area (Å²) in [5.74, 6) is -0.974. The summed E-state index contributed by atoms with van der Waals surface area (Å²) < 4.78 is 0. The van der Waals surface area contributed by atoms with Crippen LogP contribution in [0.1, 0.15) is 74.0 Å². The molecule has 148 valence electrons. The van der Waals surface area contributed by atoms with Gasteiger partial charge in [0.25, 0.3) is 5.91 Å². The van der Waals surface area contributed by atoms with Crippen LogP contribution in [0, 0.1) is 0 Å². The highest BCUT2D eigenvalue weighted by molar-refractivity contribution is 6.04. The van der Waals surface area contributed by atoms with Crippen molar-refractivity contribution in [2.75, 3.05) is 5.32 Å². The lowest BCUT2D eigenvalue weighted by Crippen LogP contribution is -2.33. The fourth-order valence-corrected chi connectivity index (χ4v) is 3.94. The number of carbonyl (C=O) groups excluding carboxylic acids is 1. The molecule has 0 spiro atoms. The lowest BCUT2D eigenvalue weighted by molar-refractivity contribution is -0.136. The molecule has 0 heterocycles. The van der Waals surface area contributed by atoms with E-state index in [9.17, 15) is 9.59 Å². The molecule has 0 fully saturated rings. The number of hydrogen-bond acceptors (Lipinski definition) is 2. The Bertz CT molecular complexity index is 895. The standard InChI is InChI=1S/C24H29NO3/c1-23(2)13-14-24(3,4)20-15-18(10-11-19(20)23)25-22(28)17-8-5-16(6-9-17)7-12-21(26)27/h5-6,8-11,15H,7,12-14H2,1-4H3,(H,25,28)(H,26,27). The van der Waals surface area contributed by atoms with E-state index in [0.29, 0.717) is 12.0 Å². The third-order valence-corrected chi connectivity index (χ3v) is 5.95. The lowest BCUT2D eigenvalue weighted by Gasteiger charge is -2.42. The van der Waals surface area contributed by atoms with Crippen molar-refractivity contribution in [3.05, 3.63) is 64.7 Å². The van der Waals surface area contributed by atoms with Crippen molar-refractivity contribution in [3.63, 3.8) is 0 Å². The van der Waals surface area contributed by atoms with E-state index in [-0.39, 0.29) is 23.2 Å². The summed E-state index contributed by atoms with van der Waals surface area (Å²) in [5, 5.41) is 11.8. The Morgan fingerprint density at radius 2 is 1.54 bits per heavy atom. The number of carboxylic acid groups (broad SMARTS) is 1. The third-order valence-electron chi connectivity index (χ3n) is 5.95. The summed E-state index contributed by atoms with van der Waals surface area (Å²) in [6.45, 7) is 9.10. The van der Waals surface area contributed by atoms with Crippen LogP contribution in [-0.2, 0) is 22.0 Å². The van der Waals surface area contributed by atoms with Crippen LogP contribution in [0.4, 0.5) is 5.69 Å². The summed E-state index contributed by atoms with van der Waals surface area (Å²) in [5.41, 5.74) is 5.21. The number of rotatable bonds is 5. The minimum Gasteiger partial charge on any atom is -0.481 e. The molecule has 2 aromatic rings. The Hall–Kier alpha value is -2.62. The van der Waals surface area contributed by atoms with Crippen molar-refractivity contribution >= 4 is 17.6 Å². The van der Waals surface area contributed by atoms with Gasteiger partial charge in [-0.15, -0.1) is 0 Å².